The van der Waals surface area contributed by atoms with E-state index in [2.05, 4.69) is 55.4 Å². The number of hydrogen-bond donors (Lipinski definition) is 0. The summed E-state index contributed by atoms with van der Waals surface area (Å²) in [4.78, 5) is 55.3. The van der Waals surface area contributed by atoms with Crippen LogP contribution in [0.3, 0.4) is 0 Å². The van der Waals surface area contributed by atoms with Gasteiger partial charge in [-0.1, -0.05) is 193 Å². The first-order valence-corrected chi connectivity index (χ1v) is 22.8. The van der Waals surface area contributed by atoms with Gasteiger partial charge in [-0.2, -0.15) is 0 Å². The molecule has 2 aromatic carbocycles. The van der Waals surface area contributed by atoms with Gasteiger partial charge in [0.05, 0.1) is 12.8 Å². The monoisotopic (exact) mass is 839 g/mol. The minimum Gasteiger partial charge on any atom is -0.342 e. The number of rotatable bonds is 30. The average Bonchev–Trinajstić information content (AvgIpc) is 3.23. The van der Waals surface area contributed by atoms with Crippen LogP contribution in [0.5, 0.6) is 0 Å². The fraction of sp³-hybridized carbons (Fsp3) is 0.680. The van der Waals surface area contributed by atoms with Gasteiger partial charge in [-0.3, -0.25) is 19.2 Å². The molecule has 7 heteroatoms. The number of unbranched alkanes of at least 4 members (excludes halogenated alkanes) is 4. The standard InChI is InChI=1S/2C25H41NO2.Zn/c2*1-5-9-14-21(7-3)19-26(20-22(8-4)15-10-6-2)25(28)18-24(27)23-16-12-11-13-17-23;/h2*11-13,16-17,21-22H,5-10,14-15,18-20H2,1-4H3;. The van der Waals surface area contributed by atoms with Gasteiger partial charge in [-0.05, 0) is 49.4 Å². The van der Waals surface area contributed by atoms with Crippen LogP contribution in [0.2, 0.25) is 0 Å². The maximum absolute atomic E-state index is 13.1. The van der Waals surface area contributed by atoms with E-state index in [0.29, 0.717) is 34.8 Å². The van der Waals surface area contributed by atoms with Gasteiger partial charge in [0.15, 0.2) is 11.6 Å². The molecule has 318 valence electrons. The molecule has 6 nitrogen and oxygen atoms in total. The van der Waals surface area contributed by atoms with Crippen molar-refractivity contribution < 1.29 is 38.7 Å². The fourth-order valence-electron chi connectivity index (χ4n) is 7.42. The number of carbonyl (C=O) groups is 4. The quantitative estimate of drug-likeness (QED) is 0.0446. The maximum Gasteiger partial charge on any atom is 0.230 e. The van der Waals surface area contributed by atoms with Crippen LogP contribution in [0.25, 0.3) is 0 Å². The van der Waals surface area contributed by atoms with E-state index in [1.54, 1.807) is 24.3 Å². The molecule has 0 saturated heterocycles. The summed E-state index contributed by atoms with van der Waals surface area (Å²) in [5, 5.41) is 0. The Morgan fingerprint density at radius 3 is 0.877 bits per heavy atom. The zero-order valence-electron chi connectivity index (χ0n) is 37.9. The Morgan fingerprint density at radius 1 is 0.421 bits per heavy atom. The Balaban J connectivity index is 0.00000108. The van der Waals surface area contributed by atoms with Crippen molar-refractivity contribution >= 4 is 23.4 Å². The molecule has 0 radical (unpaired) electrons. The predicted octanol–water partition coefficient (Wildman–Crippen LogP) is 13.0. The topological polar surface area (TPSA) is 74.8 Å². The van der Waals surface area contributed by atoms with Gasteiger partial charge in [-0.25, -0.2) is 0 Å². The van der Waals surface area contributed by atoms with Crippen molar-refractivity contribution in [1.82, 2.24) is 9.80 Å². The molecule has 0 aliphatic rings. The van der Waals surface area contributed by atoms with Gasteiger partial charge in [-0.15, -0.1) is 0 Å². The van der Waals surface area contributed by atoms with Crippen LogP contribution < -0.4 is 0 Å². The minimum atomic E-state index is -0.0705. The summed E-state index contributed by atoms with van der Waals surface area (Å²) in [5.41, 5.74) is 1.26. The zero-order valence-corrected chi connectivity index (χ0v) is 40.8. The van der Waals surface area contributed by atoms with Gasteiger partial charge < -0.3 is 9.80 Å². The Kier molecular flexibility index (Phi) is 32.6. The van der Waals surface area contributed by atoms with Gasteiger partial charge in [0.25, 0.3) is 0 Å². The van der Waals surface area contributed by atoms with E-state index in [1.165, 1.54) is 51.4 Å². The molecule has 0 aliphatic carbocycles. The van der Waals surface area contributed by atoms with Crippen LogP contribution in [0.15, 0.2) is 60.7 Å². The molecule has 2 amide bonds. The van der Waals surface area contributed by atoms with Crippen molar-refractivity contribution in [1.29, 1.82) is 0 Å². The third kappa shape index (κ3) is 23.5. The maximum atomic E-state index is 13.1. The molecule has 2 rings (SSSR count). The molecular weight excluding hydrogens is 758 g/mol. The molecule has 0 fully saturated rings. The van der Waals surface area contributed by atoms with Gasteiger partial charge >= 0.3 is 0 Å². The smallest absolute Gasteiger partial charge is 0.230 e. The Morgan fingerprint density at radius 2 is 0.667 bits per heavy atom. The van der Waals surface area contributed by atoms with Crippen LogP contribution in [0.4, 0.5) is 0 Å². The first-order valence-electron chi connectivity index (χ1n) is 22.8. The second-order valence-corrected chi connectivity index (χ2v) is 16.2. The number of carbonyl (C=O) groups excluding carboxylic acids is 4. The van der Waals surface area contributed by atoms with Crippen LogP contribution in [-0.2, 0) is 29.1 Å². The number of amides is 2. The van der Waals surface area contributed by atoms with Crippen LogP contribution in [-0.4, -0.2) is 59.4 Å². The molecule has 4 atom stereocenters. The predicted molar refractivity (Wildman–Crippen MR) is 237 cm³/mol. The van der Waals surface area contributed by atoms with Crippen molar-refractivity contribution in [2.45, 2.75) is 171 Å². The molecule has 0 aliphatic heterocycles. The summed E-state index contributed by atoms with van der Waals surface area (Å²) >= 11 is 0. The van der Waals surface area contributed by atoms with Gasteiger partial charge in [0.1, 0.15) is 0 Å². The molecule has 0 N–H and O–H groups in total. The second kappa shape index (κ2) is 34.2. The molecule has 0 bridgehead atoms. The number of benzene rings is 2. The van der Waals surface area contributed by atoms with E-state index in [4.69, 9.17) is 0 Å². The first kappa shape index (κ1) is 54.3. The molecule has 2 aromatic rings. The van der Waals surface area contributed by atoms with Crippen LogP contribution in [0, 0.1) is 23.7 Å². The van der Waals surface area contributed by atoms with Crippen molar-refractivity contribution in [3.8, 4) is 0 Å². The summed E-state index contributed by atoms with van der Waals surface area (Å²) in [7, 11) is 0. The molecule has 0 heterocycles. The molecular formula is C50H82N2O4Zn. The summed E-state index contributed by atoms with van der Waals surface area (Å²) in [6, 6.07) is 18.4. The third-order valence-corrected chi connectivity index (χ3v) is 11.6. The molecule has 0 aromatic heterocycles. The number of hydrogen-bond acceptors (Lipinski definition) is 4. The first-order chi connectivity index (χ1) is 27.1. The average molecular weight is 841 g/mol. The fourth-order valence-corrected chi connectivity index (χ4v) is 7.42. The molecule has 57 heavy (non-hydrogen) atoms. The van der Waals surface area contributed by atoms with E-state index >= 15 is 0 Å². The zero-order chi connectivity index (χ0) is 41.6. The van der Waals surface area contributed by atoms with E-state index in [9.17, 15) is 19.2 Å². The van der Waals surface area contributed by atoms with E-state index in [-0.39, 0.29) is 55.7 Å². The molecule has 4 unspecified atom stereocenters. The minimum absolute atomic E-state index is 0. The summed E-state index contributed by atoms with van der Waals surface area (Å²) in [5.74, 6) is 1.97. The van der Waals surface area contributed by atoms with E-state index < -0.39 is 0 Å². The van der Waals surface area contributed by atoms with Crippen LogP contribution >= 0.6 is 0 Å². The van der Waals surface area contributed by atoms with Crippen molar-refractivity contribution in [2.24, 2.45) is 23.7 Å². The third-order valence-electron chi connectivity index (χ3n) is 11.6. The van der Waals surface area contributed by atoms with E-state index in [0.717, 1.165) is 77.5 Å². The van der Waals surface area contributed by atoms with Crippen LogP contribution in [0.1, 0.15) is 192 Å². The Labute approximate surface area is 362 Å². The number of ketones is 2. The summed E-state index contributed by atoms with van der Waals surface area (Å²) < 4.78 is 0. The Bertz CT molecular complexity index is 1180. The largest absolute Gasteiger partial charge is 0.342 e. The SMILES string of the molecule is CCCCC(CC)CN(CC(CC)CCCC)C(=O)CC(=O)c1ccccc1.CCCCC(CC)CN(CC(CC)CCCC)C(=O)CC(=O)c1ccccc1.[Zn]. The van der Waals surface area contributed by atoms with Gasteiger partial charge in [0.2, 0.25) is 11.8 Å². The normalized spacial score (nSPS) is 12.9. The van der Waals surface area contributed by atoms with Crippen molar-refractivity contribution in [2.75, 3.05) is 26.2 Å². The second-order valence-electron chi connectivity index (χ2n) is 16.2. The summed E-state index contributed by atoms with van der Waals surface area (Å²) in [6.07, 6.45) is 18.5. The number of nitrogens with zero attached hydrogens (tertiary/aromatic N) is 2. The molecule has 0 saturated carbocycles. The molecule has 0 spiro atoms. The van der Waals surface area contributed by atoms with Gasteiger partial charge in [0, 0.05) is 56.8 Å². The summed E-state index contributed by atoms with van der Waals surface area (Å²) in [6.45, 7) is 20.9. The van der Waals surface area contributed by atoms with E-state index in [1.807, 2.05) is 46.2 Å². The number of Topliss-reactive ketones (excluding diaryl/α,β-unsaturated/α-hetero) is 2. The van der Waals surface area contributed by atoms with Crippen molar-refractivity contribution in [3.05, 3.63) is 71.8 Å². The Hall–Kier alpha value is -2.66. The van der Waals surface area contributed by atoms with Crippen molar-refractivity contribution in [3.63, 3.8) is 0 Å².